The molecule has 1 aromatic carbocycles. The summed E-state index contributed by atoms with van der Waals surface area (Å²) in [6.07, 6.45) is 0. The molecule has 8 nitrogen and oxygen atoms in total. The van der Waals surface area contributed by atoms with Gasteiger partial charge in [0, 0.05) is 24.2 Å². The molecule has 2 rings (SSSR count). The normalized spacial score (nSPS) is 10.5. The van der Waals surface area contributed by atoms with Crippen LogP contribution in [0.3, 0.4) is 0 Å². The van der Waals surface area contributed by atoms with Crippen LogP contribution in [-0.4, -0.2) is 36.5 Å². The van der Waals surface area contributed by atoms with Crippen LogP contribution in [0.2, 0.25) is 0 Å². The highest BCUT2D eigenvalue weighted by Crippen LogP contribution is 2.26. The van der Waals surface area contributed by atoms with E-state index in [-0.39, 0.29) is 11.4 Å². The summed E-state index contributed by atoms with van der Waals surface area (Å²) >= 11 is 1.06. The second-order valence-electron chi connectivity index (χ2n) is 4.84. The van der Waals surface area contributed by atoms with E-state index < -0.39 is 10.9 Å². The van der Waals surface area contributed by atoms with Crippen molar-refractivity contribution in [1.82, 2.24) is 14.8 Å². The number of carbonyl (C=O) groups is 1. The van der Waals surface area contributed by atoms with E-state index in [1.54, 1.807) is 16.7 Å². The molecule has 0 fully saturated rings. The summed E-state index contributed by atoms with van der Waals surface area (Å²) in [6, 6.07) is 5.95. The summed E-state index contributed by atoms with van der Waals surface area (Å²) in [5.41, 5.74) is 1.50. The second kappa shape index (κ2) is 7.05. The number of carboxylic acids is 1. The first-order chi connectivity index (χ1) is 10.9. The van der Waals surface area contributed by atoms with Gasteiger partial charge in [-0.15, -0.1) is 10.2 Å². The average Bonchev–Trinajstić information content (AvgIpc) is 2.87. The predicted molar refractivity (Wildman–Crippen MR) is 85.3 cm³/mol. The molecule has 0 aliphatic carbocycles. The van der Waals surface area contributed by atoms with Gasteiger partial charge in [0.25, 0.3) is 5.69 Å². The maximum absolute atomic E-state index is 10.7. The molecule has 1 heterocycles. The molecular weight excluding hydrogens is 320 g/mol. The summed E-state index contributed by atoms with van der Waals surface area (Å²) < 4.78 is 1.75. The third-order valence-corrected chi connectivity index (χ3v) is 3.76. The third-order valence-electron chi connectivity index (χ3n) is 2.81. The fourth-order valence-electron chi connectivity index (χ4n) is 1.88. The Balaban J connectivity index is 2.38. The van der Waals surface area contributed by atoms with E-state index >= 15 is 0 Å². The molecule has 0 aliphatic rings. The Kier molecular flexibility index (Phi) is 5.12. The molecule has 0 atom stereocenters. The number of non-ortho nitro benzene ring substituents is 1. The number of hydrogen-bond acceptors (Lipinski definition) is 6. The van der Waals surface area contributed by atoms with E-state index in [0.29, 0.717) is 23.1 Å². The number of allylic oxidation sites excluding steroid dienone is 1. The highest BCUT2D eigenvalue weighted by molar-refractivity contribution is 7.99. The second-order valence-corrected chi connectivity index (χ2v) is 5.78. The van der Waals surface area contributed by atoms with Crippen molar-refractivity contribution in [3.8, 4) is 11.4 Å². The Morgan fingerprint density at radius 2 is 2.04 bits per heavy atom. The van der Waals surface area contributed by atoms with Crippen molar-refractivity contribution in [3.05, 3.63) is 46.5 Å². The summed E-state index contributed by atoms with van der Waals surface area (Å²) in [5, 5.41) is 28.1. The summed E-state index contributed by atoms with van der Waals surface area (Å²) in [5.74, 6) is -0.568. The Bertz CT molecular complexity index is 755. The molecule has 2 aromatic rings. The monoisotopic (exact) mass is 334 g/mol. The molecule has 120 valence electrons. The van der Waals surface area contributed by atoms with Gasteiger partial charge in [0.05, 0.1) is 10.7 Å². The molecular formula is C14H14N4O4S. The lowest BCUT2D eigenvalue weighted by atomic mass is 10.2. The first kappa shape index (κ1) is 16.7. The molecule has 0 saturated heterocycles. The zero-order chi connectivity index (χ0) is 17.0. The summed E-state index contributed by atoms with van der Waals surface area (Å²) in [7, 11) is 0. The van der Waals surface area contributed by atoms with Crippen molar-refractivity contribution >= 4 is 23.4 Å². The molecule has 0 unspecified atom stereocenters. The van der Waals surface area contributed by atoms with Crippen LogP contribution < -0.4 is 0 Å². The van der Waals surface area contributed by atoms with Crippen molar-refractivity contribution in [2.75, 3.05) is 5.75 Å². The topological polar surface area (TPSA) is 111 Å². The van der Waals surface area contributed by atoms with Crippen molar-refractivity contribution in [2.45, 2.75) is 18.6 Å². The lowest BCUT2D eigenvalue weighted by Gasteiger charge is -2.09. The van der Waals surface area contributed by atoms with Crippen molar-refractivity contribution < 1.29 is 14.8 Å². The zero-order valence-corrected chi connectivity index (χ0v) is 13.1. The number of aromatic nitrogens is 3. The van der Waals surface area contributed by atoms with Crippen LogP contribution in [0.4, 0.5) is 5.69 Å². The molecule has 0 radical (unpaired) electrons. The van der Waals surface area contributed by atoms with Gasteiger partial charge < -0.3 is 5.11 Å². The number of nitro benzene ring substituents is 1. The Morgan fingerprint density at radius 3 is 2.57 bits per heavy atom. The maximum Gasteiger partial charge on any atom is 0.313 e. The van der Waals surface area contributed by atoms with Gasteiger partial charge in [-0.3, -0.25) is 19.5 Å². The van der Waals surface area contributed by atoms with E-state index in [4.69, 9.17) is 5.11 Å². The van der Waals surface area contributed by atoms with E-state index in [2.05, 4.69) is 16.8 Å². The molecule has 1 aromatic heterocycles. The lowest BCUT2D eigenvalue weighted by molar-refractivity contribution is -0.384. The maximum atomic E-state index is 10.7. The van der Waals surface area contributed by atoms with E-state index in [1.807, 2.05) is 6.92 Å². The summed E-state index contributed by atoms with van der Waals surface area (Å²) in [6.45, 7) is 6.12. The van der Waals surface area contributed by atoms with Gasteiger partial charge in [-0.1, -0.05) is 23.9 Å². The van der Waals surface area contributed by atoms with Gasteiger partial charge in [-0.05, 0) is 19.1 Å². The minimum absolute atomic E-state index is 0.0137. The molecule has 0 amide bonds. The van der Waals surface area contributed by atoms with Crippen LogP contribution in [-0.2, 0) is 11.3 Å². The van der Waals surface area contributed by atoms with E-state index in [0.717, 1.165) is 17.3 Å². The Morgan fingerprint density at radius 1 is 1.39 bits per heavy atom. The van der Waals surface area contributed by atoms with Gasteiger partial charge in [0.2, 0.25) is 0 Å². The number of thioether (sulfide) groups is 1. The number of carboxylic acid groups (broad SMARTS) is 1. The van der Waals surface area contributed by atoms with Crippen LogP contribution in [0.5, 0.6) is 0 Å². The fourth-order valence-corrected chi connectivity index (χ4v) is 2.54. The first-order valence-corrected chi connectivity index (χ1v) is 7.54. The molecule has 0 bridgehead atoms. The number of aliphatic carboxylic acids is 1. The van der Waals surface area contributed by atoms with Crippen LogP contribution in [0.1, 0.15) is 6.92 Å². The van der Waals surface area contributed by atoms with E-state index in [9.17, 15) is 14.9 Å². The Labute approximate surface area is 136 Å². The van der Waals surface area contributed by atoms with Crippen LogP contribution >= 0.6 is 11.8 Å². The highest BCUT2D eigenvalue weighted by atomic mass is 32.2. The lowest BCUT2D eigenvalue weighted by Crippen LogP contribution is -2.05. The Hall–Kier alpha value is -2.68. The number of nitro groups is 1. The number of rotatable bonds is 7. The smallest absolute Gasteiger partial charge is 0.313 e. The van der Waals surface area contributed by atoms with Crippen molar-refractivity contribution in [1.29, 1.82) is 0 Å². The first-order valence-electron chi connectivity index (χ1n) is 6.55. The zero-order valence-electron chi connectivity index (χ0n) is 12.3. The quantitative estimate of drug-likeness (QED) is 0.358. The minimum atomic E-state index is -0.947. The van der Waals surface area contributed by atoms with Gasteiger partial charge in [-0.2, -0.15) is 0 Å². The van der Waals surface area contributed by atoms with Crippen LogP contribution in [0, 0.1) is 10.1 Å². The number of hydrogen-bond donors (Lipinski definition) is 1. The standard InChI is InChI=1S/C14H14N4O4S/c1-9(2)7-17-13(15-16-14(17)23-8-12(19)20)10-3-5-11(6-4-10)18(21)22/h3-6H,1,7-8H2,2H3,(H,19,20). The number of nitrogens with zero attached hydrogens (tertiary/aromatic N) is 4. The molecule has 0 spiro atoms. The van der Waals surface area contributed by atoms with Gasteiger partial charge >= 0.3 is 5.97 Å². The van der Waals surface area contributed by atoms with Crippen molar-refractivity contribution in [2.24, 2.45) is 0 Å². The molecule has 9 heteroatoms. The average molecular weight is 334 g/mol. The van der Waals surface area contributed by atoms with Gasteiger partial charge in [-0.25, -0.2) is 0 Å². The SMILES string of the molecule is C=C(C)Cn1c(SCC(=O)O)nnc1-c1ccc([N+](=O)[O-])cc1. The van der Waals surface area contributed by atoms with Gasteiger partial charge in [0.15, 0.2) is 11.0 Å². The van der Waals surface area contributed by atoms with E-state index in [1.165, 1.54) is 12.1 Å². The largest absolute Gasteiger partial charge is 0.481 e. The fraction of sp³-hybridized carbons (Fsp3) is 0.214. The summed E-state index contributed by atoms with van der Waals surface area (Å²) in [4.78, 5) is 21.0. The predicted octanol–water partition coefficient (Wildman–Crippen LogP) is 2.61. The molecule has 0 aliphatic heterocycles. The number of benzene rings is 1. The van der Waals surface area contributed by atoms with Crippen LogP contribution in [0.15, 0.2) is 41.6 Å². The minimum Gasteiger partial charge on any atom is -0.481 e. The third kappa shape index (κ3) is 4.16. The molecule has 1 N–H and O–H groups in total. The van der Waals surface area contributed by atoms with Crippen molar-refractivity contribution in [3.63, 3.8) is 0 Å². The van der Waals surface area contributed by atoms with Crippen LogP contribution in [0.25, 0.3) is 11.4 Å². The van der Waals surface area contributed by atoms with Gasteiger partial charge in [0.1, 0.15) is 0 Å². The highest BCUT2D eigenvalue weighted by Gasteiger charge is 2.16. The molecule has 23 heavy (non-hydrogen) atoms. The molecule has 0 saturated carbocycles.